The third-order valence-corrected chi connectivity index (χ3v) is 4.24. The smallest absolute Gasteiger partial charge is 0.254 e. The molecule has 26 heavy (non-hydrogen) atoms. The number of hydrazine groups is 1. The minimum Gasteiger partial charge on any atom is -0.338 e. The van der Waals surface area contributed by atoms with Gasteiger partial charge in [-0.05, 0) is 31.9 Å². The minimum absolute atomic E-state index is 0.186. The van der Waals surface area contributed by atoms with Gasteiger partial charge < -0.3 is 5.32 Å². The van der Waals surface area contributed by atoms with Crippen LogP contribution < -0.4 is 21.7 Å². The molecule has 1 fully saturated rings. The molecule has 3 rings (SSSR count). The molecule has 0 radical (unpaired) electrons. The van der Waals surface area contributed by atoms with E-state index in [0.717, 1.165) is 6.42 Å². The van der Waals surface area contributed by atoms with Gasteiger partial charge in [0.05, 0.1) is 6.17 Å². The molecule has 1 aliphatic rings. The van der Waals surface area contributed by atoms with Crippen molar-refractivity contribution in [2.24, 2.45) is 0 Å². The number of halogens is 1. The molecule has 0 spiro atoms. The zero-order valence-electron chi connectivity index (χ0n) is 14.8. The van der Waals surface area contributed by atoms with E-state index in [2.05, 4.69) is 21.2 Å². The van der Waals surface area contributed by atoms with Crippen LogP contribution in [0.5, 0.6) is 0 Å². The first-order valence-corrected chi connectivity index (χ1v) is 8.63. The van der Waals surface area contributed by atoms with Crippen LogP contribution in [-0.4, -0.2) is 27.7 Å². The minimum atomic E-state index is -0.426. The standard InChI is InChI=1S/C18H22FN5O2/c1-3-14-9-17(26)24(10-16(25)21-15-7-11(2)22-23-15)18(20-14)12-5-4-6-13(19)8-12/h4-6,8-9,11,15,22-23H,3,7,10H2,1-2H3,(H,21,25). The Bertz CT molecular complexity index is 867. The molecule has 1 aliphatic heterocycles. The second-order valence-electron chi connectivity index (χ2n) is 6.40. The van der Waals surface area contributed by atoms with E-state index in [1.807, 2.05) is 13.8 Å². The molecule has 0 bridgehead atoms. The summed E-state index contributed by atoms with van der Waals surface area (Å²) in [7, 11) is 0. The van der Waals surface area contributed by atoms with Gasteiger partial charge in [-0.1, -0.05) is 19.1 Å². The van der Waals surface area contributed by atoms with Gasteiger partial charge in [0, 0.05) is 23.4 Å². The third-order valence-electron chi connectivity index (χ3n) is 4.24. The highest BCUT2D eigenvalue weighted by atomic mass is 19.1. The molecule has 2 aromatic rings. The summed E-state index contributed by atoms with van der Waals surface area (Å²) in [4.78, 5) is 29.4. The van der Waals surface area contributed by atoms with E-state index in [-0.39, 0.29) is 36.0 Å². The van der Waals surface area contributed by atoms with Crippen LogP contribution in [0.15, 0.2) is 35.1 Å². The van der Waals surface area contributed by atoms with Gasteiger partial charge in [-0.25, -0.2) is 14.8 Å². The quantitative estimate of drug-likeness (QED) is 0.740. The van der Waals surface area contributed by atoms with Crippen molar-refractivity contribution < 1.29 is 9.18 Å². The van der Waals surface area contributed by atoms with E-state index in [0.29, 0.717) is 17.7 Å². The van der Waals surface area contributed by atoms with Crippen molar-refractivity contribution in [1.82, 2.24) is 25.7 Å². The monoisotopic (exact) mass is 359 g/mol. The number of nitrogens with zero attached hydrogens (tertiary/aromatic N) is 2. The maximum absolute atomic E-state index is 13.6. The first-order chi connectivity index (χ1) is 12.5. The van der Waals surface area contributed by atoms with Crippen molar-refractivity contribution in [3.8, 4) is 11.4 Å². The molecule has 1 saturated heterocycles. The lowest BCUT2D eigenvalue weighted by atomic mass is 10.2. The predicted octanol–water partition coefficient (Wildman–Crippen LogP) is 0.941. The highest BCUT2D eigenvalue weighted by molar-refractivity contribution is 5.76. The van der Waals surface area contributed by atoms with Crippen molar-refractivity contribution in [3.05, 3.63) is 52.2 Å². The van der Waals surface area contributed by atoms with E-state index >= 15 is 0 Å². The molecule has 7 nitrogen and oxygen atoms in total. The SMILES string of the molecule is CCc1cc(=O)n(CC(=O)NC2CC(C)NN2)c(-c2cccc(F)c2)n1. The zero-order chi connectivity index (χ0) is 18.7. The van der Waals surface area contributed by atoms with Gasteiger partial charge in [0.1, 0.15) is 18.2 Å². The first-order valence-electron chi connectivity index (χ1n) is 8.63. The van der Waals surface area contributed by atoms with Gasteiger partial charge in [0.2, 0.25) is 5.91 Å². The van der Waals surface area contributed by atoms with Crippen LogP contribution >= 0.6 is 0 Å². The Labute approximate surface area is 150 Å². The van der Waals surface area contributed by atoms with E-state index in [1.165, 1.54) is 22.8 Å². The molecule has 0 saturated carbocycles. The van der Waals surface area contributed by atoms with Crippen LogP contribution in [-0.2, 0) is 17.8 Å². The molecule has 8 heteroatoms. The number of carbonyl (C=O) groups is 1. The lowest BCUT2D eigenvalue weighted by Crippen LogP contribution is -2.46. The Morgan fingerprint density at radius 3 is 2.85 bits per heavy atom. The Balaban J connectivity index is 1.90. The van der Waals surface area contributed by atoms with E-state index in [1.54, 1.807) is 12.1 Å². The number of nitrogens with one attached hydrogen (secondary N) is 3. The van der Waals surface area contributed by atoms with Crippen LogP contribution in [0, 0.1) is 5.82 Å². The van der Waals surface area contributed by atoms with E-state index < -0.39 is 5.82 Å². The molecule has 1 aromatic heterocycles. The number of amides is 1. The van der Waals surface area contributed by atoms with Crippen molar-refractivity contribution in [1.29, 1.82) is 0 Å². The normalized spacial score (nSPS) is 19.5. The number of hydrogen-bond acceptors (Lipinski definition) is 5. The fourth-order valence-corrected chi connectivity index (χ4v) is 2.93. The van der Waals surface area contributed by atoms with Gasteiger partial charge in [-0.15, -0.1) is 0 Å². The van der Waals surface area contributed by atoms with Gasteiger partial charge in [0.15, 0.2) is 0 Å². The van der Waals surface area contributed by atoms with Crippen molar-refractivity contribution in [2.75, 3.05) is 0 Å². The summed E-state index contributed by atoms with van der Waals surface area (Å²) in [6.45, 7) is 3.70. The number of benzene rings is 1. The number of rotatable bonds is 5. The highest BCUT2D eigenvalue weighted by Gasteiger charge is 2.22. The van der Waals surface area contributed by atoms with E-state index in [4.69, 9.17) is 0 Å². The summed E-state index contributed by atoms with van der Waals surface area (Å²) < 4.78 is 14.9. The van der Waals surface area contributed by atoms with Gasteiger partial charge in [-0.2, -0.15) is 0 Å². The molecule has 1 amide bonds. The number of hydrogen-bond donors (Lipinski definition) is 3. The Morgan fingerprint density at radius 2 is 2.19 bits per heavy atom. The summed E-state index contributed by atoms with van der Waals surface area (Å²) in [6.07, 6.45) is 1.11. The summed E-state index contributed by atoms with van der Waals surface area (Å²) in [5.74, 6) is -0.455. The first kappa shape index (κ1) is 18.2. The fraction of sp³-hybridized carbons (Fsp3) is 0.389. The maximum atomic E-state index is 13.6. The topological polar surface area (TPSA) is 88.0 Å². The average molecular weight is 359 g/mol. The second-order valence-corrected chi connectivity index (χ2v) is 6.40. The largest absolute Gasteiger partial charge is 0.338 e. The van der Waals surface area contributed by atoms with Crippen LogP contribution in [0.2, 0.25) is 0 Å². The molecule has 1 aromatic carbocycles. The lowest BCUT2D eigenvalue weighted by molar-refractivity contribution is -0.122. The Kier molecular flexibility index (Phi) is 5.43. The third kappa shape index (κ3) is 4.14. The fourth-order valence-electron chi connectivity index (χ4n) is 2.93. The predicted molar refractivity (Wildman–Crippen MR) is 95.6 cm³/mol. The highest BCUT2D eigenvalue weighted by Crippen LogP contribution is 2.17. The van der Waals surface area contributed by atoms with Crippen molar-refractivity contribution in [2.45, 2.75) is 45.4 Å². The summed E-state index contributed by atoms with van der Waals surface area (Å²) in [6, 6.07) is 7.50. The van der Waals surface area contributed by atoms with Crippen molar-refractivity contribution in [3.63, 3.8) is 0 Å². The number of aryl methyl sites for hydroxylation is 1. The van der Waals surface area contributed by atoms with Crippen LogP contribution in [0.4, 0.5) is 4.39 Å². The Hall–Kier alpha value is -2.58. The summed E-state index contributed by atoms with van der Waals surface area (Å²) in [5, 5.41) is 2.83. The summed E-state index contributed by atoms with van der Waals surface area (Å²) in [5.41, 5.74) is 6.72. The molecule has 2 atom stereocenters. The van der Waals surface area contributed by atoms with Crippen LogP contribution in [0.1, 0.15) is 26.0 Å². The van der Waals surface area contributed by atoms with Crippen molar-refractivity contribution >= 4 is 5.91 Å². The Morgan fingerprint density at radius 1 is 1.38 bits per heavy atom. The molecule has 2 unspecified atom stereocenters. The second kappa shape index (κ2) is 7.76. The molecule has 3 N–H and O–H groups in total. The van der Waals surface area contributed by atoms with Crippen LogP contribution in [0.25, 0.3) is 11.4 Å². The van der Waals surface area contributed by atoms with Crippen LogP contribution in [0.3, 0.4) is 0 Å². The molecule has 138 valence electrons. The average Bonchev–Trinajstić information content (AvgIpc) is 3.01. The summed E-state index contributed by atoms with van der Waals surface area (Å²) >= 11 is 0. The number of carbonyl (C=O) groups excluding carboxylic acids is 1. The van der Waals surface area contributed by atoms with E-state index in [9.17, 15) is 14.0 Å². The zero-order valence-corrected chi connectivity index (χ0v) is 14.8. The molecular weight excluding hydrogens is 337 g/mol. The molecule has 0 aliphatic carbocycles. The lowest BCUT2D eigenvalue weighted by Gasteiger charge is -2.16. The number of aromatic nitrogens is 2. The van der Waals surface area contributed by atoms with Gasteiger partial charge >= 0.3 is 0 Å². The van der Waals surface area contributed by atoms with Gasteiger partial charge in [-0.3, -0.25) is 19.6 Å². The molecular formula is C18H22FN5O2. The molecule has 2 heterocycles. The van der Waals surface area contributed by atoms with Gasteiger partial charge in [0.25, 0.3) is 5.56 Å². The maximum Gasteiger partial charge on any atom is 0.254 e.